The molecule has 1 N–H and O–H groups in total. The number of ether oxygens (including phenoxy) is 1. The van der Waals surface area contributed by atoms with Crippen LogP contribution in [0.25, 0.3) is 0 Å². The summed E-state index contributed by atoms with van der Waals surface area (Å²) in [6.45, 7) is 4.52. The minimum absolute atomic E-state index is 0.0113. The van der Waals surface area contributed by atoms with Crippen LogP contribution >= 0.6 is 0 Å². The minimum Gasteiger partial charge on any atom is -0.487 e. The van der Waals surface area contributed by atoms with E-state index < -0.39 is 0 Å². The van der Waals surface area contributed by atoms with E-state index in [9.17, 15) is 5.11 Å². The highest BCUT2D eigenvalue weighted by Gasteiger charge is 2.07. The fourth-order valence-corrected chi connectivity index (χ4v) is 2.00. The Morgan fingerprint density at radius 2 is 2.11 bits per heavy atom. The summed E-state index contributed by atoms with van der Waals surface area (Å²) in [5.74, 6) is 0.729. The smallest absolute Gasteiger partial charge is 0.130 e. The summed E-state index contributed by atoms with van der Waals surface area (Å²) >= 11 is 0. The molecule has 0 fully saturated rings. The largest absolute Gasteiger partial charge is 0.487 e. The van der Waals surface area contributed by atoms with Gasteiger partial charge in [0.25, 0.3) is 0 Å². The molecule has 1 aromatic heterocycles. The van der Waals surface area contributed by atoms with E-state index in [1.54, 1.807) is 0 Å². The van der Waals surface area contributed by atoms with Crippen molar-refractivity contribution in [1.29, 1.82) is 0 Å². The number of benzene rings is 1. The molecule has 2 rings (SSSR count). The highest BCUT2D eigenvalue weighted by atomic mass is 16.5. The number of aryl methyl sites for hydroxylation is 3. The Labute approximate surface area is 113 Å². The van der Waals surface area contributed by atoms with Crippen LogP contribution in [-0.4, -0.2) is 14.9 Å². The van der Waals surface area contributed by atoms with Crippen LogP contribution in [-0.2, 0) is 26.7 Å². The second-order valence-corrected chi connectivity index (χ2v) is 4.66. The zero-order valence-corrected chi connectivity index (χ0v) is 11.7. The molecule has 0 saturated carbocycles. The second-order valence-electron chi connectivity index (χ2n) is 4.66. The maximum atomic E-state index is 9.34. The van der Waals surface area contributed by atoms with Crippen LogP contribution in [0.15, 0.2) is 24.3 Å². The first-order chi connectivity index (χ1) is 9.13. The van der Waals surface area contributed by atoms with Gasteiger partial charge in [-0.2, -0.15) is 5.10 Å². The molecule has 0 aliphatic carbocycles. The summed E-state index contributed by atoms with van der Waals surface area (Å²) in [4.78, 5) is 0. The van der Waals surface area contributed by atoms with E-state index >= 15 is 0 Å². The number of hydrogen-bond acceptors (Lipinski definition) is 3. The first-order valence-corrected chi connectivity index (χ1v) is 6.49. The third kappa shape index (κ3) is 3.15. The lowest BCUT2D eigenvalue weighted by atomic mass is 10.1. The topological polar surface area (TPSA) is 47.3 Å². The van der Waals surface area contributed by atoms with Gasteiger partial charge in [-0.15, -0.1) is 0 Å². The molecule has 0 spiro atoms. The maximum Gasteiger partial charge on any atom is 0.130 e. The highest BCUT2D eigenvalue weighted by molar-refractivity contribution is 5.36. The molecule has 102 valence electrons. The first-order valence-electron chi connectivity index (χ1n) is 6.49. The lowest BCUT2D eigenvalue weighted by molar-refractivity contribution is 0.255. The molecule has 4 nitrogen and oxygen atoms in total. The summed E-state index contributed by atoms with van der Waals surface area (Å²) in [7, 11) is 1.92. The summed E-state index contributed by atoms with van der Waals surface area (Å²) in [5, 5.41) is 13.7. The molecule has 2 aromatic rings. The van der Waals surface area contributed by atoms with Gasteiger partial charge in [0.2, 0.25) is 0 Å². The van der Waals surface area contributed by atoms with Crippen LogP contribution < -0.4 is 4.74 Å². The van der Waals surface area contributed by atoms with Crippen molar-refractivity contribution < 1.29 is 9.84 Å². The highest BCUT2D eigenvalue weighted by Crippen LogP contribution is 2.21. The molecule has 0 atom stereocenters. The molecule has 1 heterocycles. The summed E-state index contributed by atoms with van der Waals surface area (Å²) in [6.07, 6.45) is 0.917. The first kappa shape index (κ1) is 13.6. The van der Waals surface area contributed by atoms with Crippen LogP contribution in [0, 0.1) is 6.92 Å². The van der Waals surface area contributed by atoms with Gasteiger partial charge in [-0.1, -0.05) is 24.6 Å². The Balaban J connectivity index is 2.11. The third-order valence-corrected chi connectivity index (χ3v) is 3.15. The van der Waals surface area contributed by atoms with E-state index in [4.69, 9.17) is 4.74 Å². The van der Waals surface area contributed by atoms with Gasteiger partial charge >= 0.3 is 0 Å². The molecule has 0 saturated heterocycles. The number of aromatic nitrogens is 2. The number of rotatable bonds is 5. The number of aliphatic hydroxyl groups excluding tert-OH is 1. The minimum atomic E-state index is -0.0113. The molecule has 0 aliphatic heterocycles. The van der Waals surface area contributed by atoms with Crippen LogP contribution in [0.1, 0.15) is 29.4 Å². The average Bonchev–Trinajstić information content (AvgIpc) is 2.78. The number of hydrogen-bond donors (Lipinski definition) is 1. The van der Waals surface area contributed by atoms with Gasteiger partial charge in [-0.05, 0) is 25.5 Å². The van der Waals surface area contributed by atoms with Crippen molar-refractivity contribution in [3.63, 3.8) is 0 Å². The Hall–Kier alpha value is -1.81. The van der Waals surface area contributed by atoms with Gasteiger partial charge in [0, 0.05) is 12.6 Å². The quantitative estimate of drug-likeness (QED) is 0.897. The normalized spacial score (nSPS) is 10.7. The number of aliphatic hydroxyl groups is 1. The predicted molar refractivity (Wildman–Crippen MR) is 74.0 cm³/mol. The lowest BCUT2D eigenvalue weighted by Gasteiger charge is -2.10. The van der Waals surface area contributed by atoms with Crippen molar-refractivity contribution in [2.24, 2.45) is 7.05 Å². The average molecular weight is 260 g/mol. The van der Waals surface area contributed by atoms with E-state index in [2.05, 4.69) is 12.0 Å². The summed E-state index contributed by atoms with van der Waals surface area (Å²) in [6, 6.07) is 7.87. The molecule has 1 aromatic carbocycles. The molecular weight excluding hydrogens is 240 g/mol. The maximum absolute atomic E-state index is 9.34. The summed E-state index contributed by atoms with van der Waals surface area (Å²) < 4.78 is 7.63. The van der Waals surface area contributed by atoms with E-state index in [0.717, 1.165) is 34.7 Å². The molecule has 0 radical (unpaired) electrons. The molecular formula is C15H20N2O2. The van der Waals surface area contributed by atoms with Gasteiger partial charge in [0.1, 0.15) is 12.4 Å². The van der Waals surface area contributed by atoms with E-state index in [0.29, 0.717) is 6.61 Å². The van der Waals surface area contributed by atoms with Crippen molar-refractivity contribution in [1.82, 2.24) is 9.78 Å². The van der Waals surface area contributed by atoms with E-state index in [1.165, 1.54) is 0 Å². The SMILES string of the molecule is CCc1cc(COc2ccc(C)cc2CO)n(C)n1. The molecule has 4 heteroatoms. The zero-order valence-electron chi connectivity index (χ0n) is 11.7. The monoisotopic (exact) mass is 260 g/mol. The van der Waals surface area contributed by atoms with Gasteiger partial charge in [-0.25, -0.2) is 0 Å². The molecule has 0 amide bonds. The lowest BCUT2D eigenvalue weighted by Crippen LogP contribution is -2.04. The van der Waals surface area contributed by atoms with Crippen LogP contribution in [0.4, 0.5) is 0 Å². The van der Waals surface area contributed by atoms with Crippen molar-refractivity contribution in [2.45, 2.75) is 33.5 Å². The Kier molecular flexibility index (Phi) is 4.22. The van der Waals surface area contributed by atoms with Gasteiger partial charge in [0.05, 0.1) is 18.0 Å². The van der Waals surface area contributed by atoms with Crippen LogP contribution in [0.2, 0.25) is 0 Å². The van der Waals surface area contributed by atoms with Gasteiger partial charge in [-0.3, -0.25) is 4.68 Å². The molecule has 0 bridgehead atoms. The van der Waals surface area contributed by atoms with Crippen molar-refractivity contribution in [3.05, 3.63) is 46.8 Å². The summed E-state index contributed by atoms with van der Waals surface area (Å²) in [5.41, 5.74) is 4.02. The van der Waals surface area contributed by atoms with Crippen molar-refractivity contribution >= 4 is 0 Å². The van der Waals surface area contributed by atoms with Crippen molar-refractivity contribution in [3.8, 4) is 5.75 Å². The standard InChI is InChI=1S/C15H20N2O2/c1-4-13-8-14(17(3)16-13)10-19-15-6-5-11(2)7-12(15)9-18/h5-8,18H,4,9-10H2,1-3H3. The van der Waals surface area contributed by atoms with Crippen LogP contribution in [0.5, 0.6) is 5.75 Å². The molecule has 19 heavy (non-hydrogen) atoms. The zero-order chi connectivity index (χ0) is 13.8. The fourth-order valence-electron chi connectivity index (χ4n) is 2.00. The Morgan fingerprint density at radius 1 is 1.32 bits per heavy atom. The third-order valence-electron chi connectivity index (χ3n) is 3.15. The fraction of sp³-hybridized carbons (Fsp3) is 0.400. The second kappa shape index (κ2) is 5.89. The Morgan fingerprint density at radius 3 is 2.74 bits per heavy atom. The van der Waals surface area contributed by atoms with Crippen molar-refractivity contribution in [2.75, 3.05) is 0 Å². The van der Waals surface area contributed by atoms with Crippen LogP contribution in [0.3, 0.4) is 0 Å². The van der Waals surface area contributed by atoms with Gasteiger partial charge in [0.15, 0.2) is 0 Å². The van der Waals surface area contributed by atoms with E-state index in [-0.39, 0.29) is 6.61 Å². The van der Waals surface area contributed by atoms with E-state index in [1.807, 2.05) is 42.9 Å². The van der Waals surface area contributed by atoms with Gasteiger partial charge < -0.3 is 9.84 Å². The predicted octanol–water partition coefficient (Wildman–Crippen LogP) is 2.36. The number of nitrogens with zero attached hydrogens (tertiary/aromatic N) is 2. The molecule has 0 aliphatic rings. The Bertz CT molecular complexity index is 561. The molecule has 0 unspecified atom stereocenters.